The Balaban J connectivity index is 1.34. The number of ether oxygens (including phenoxy) is 1. The minimum atomic E-state index is -4.57. The summed E-state index contributed by atoms with van der Waals surface area (Å²) in [6.07, 6.45) is 21.4. The second-order valence-electron chi connectivity index (χ2n) is 15.2. The van der Waals surface area contributed by atoms with E-state index >= 15 is 0 Å². The molecule has 0 aromatic heterocycles. The van der Waals surface area contributed by atoms with Crippen LogP contribution in [0.1, 0.15) is 27.8 Å². The minimum Gasteiger partial charge on any atom is -0.496 e. The van der Waals surface area contributed by atoms with Crippen LogP contribution in [0.25, 0.3) is 29.9 Å². The Morgan fingerprint density at radius 1 is 0.736 bits per heavy atom. The van der Waals surface area contributed by atoms with Gasteiger partial charge in [-0.25, -0.2) is 0 Å². The van der Waals surface area contributed by atoms with Crippen LogP contribution in [0.3, 0.4) is 0 Å². The molecule has 2 aliphatic carbocycles. The molecule has 3 aromatic rings. The zero-order valence-electron chi connectivity index (χ0n) is 32.2. The van der Waals surface area contributed by atoms with Gasteiger partial charge in [0.15, 0.2) is 0 Å². The van der Waals surface area contributed by atoms with Crippen molar-refractivity contribution in [3.8, 4) is 5.75 Å². The van der Waals surface area contributed by atoms with Crippen LogP contribution in [0, 0.1) is 5.92 Å². The van der Waals surface area contributed by atoms with E-state index in [0.717, 1.165) is 39.3 Å². The number of benzene rings is 3. The summed E-state index contributed by atoms with van der Waals surface area (Å²) < 4.78 is 42.6. The van der Waals surface area contributed by atoms with Gasteiger partial charge in [0.1, 0.15) is 18.7 Å². The molecule has 3 aliphatic rings. The number of fused-ring (bicyclic) bond motifs is 2. The van der Waals surface area contributed by atoms with Crippen LogP contribution >= 0.6 is 0 Å². The molecule has 0 radical (unpaired) electrons. The van der Waals surface area contributed by atoms with Gasteiger partial charge >= 0.3 is 0 Å². The maximum atomic E-state index is 13.2. The summed E-state index contributed by atoms with van der Waals surface area (Å²) in [7, 11) is 7.27. The van der Waals surface area contributed by atoms with Crippen molar-refractivity contribution in [3.63, 3.8) is 0 Å². The Hall–Kier alpha value is -4.51. The summed E-state index contributed by atoms with van der Waals surface area (Å²) in [5.74, 6) is 0.720. The van der Waals surface area contributed by atoms with Crippen molar-refractivity contribution in [2.24, 2.45) is 5.92 Å². The number of allylic oxidation sites excluding steroid dienone is 6. The highest BCUT2D eigenvalue weighted by Gasteiger charge is 2.45. The molecule has 0 bridgehead atoms. The molecule has 53 heavy (non-hydrogen) atoms. The van der Waals surface area contributed by atoms with Gasteiger partial charge in [0.2, 0.25) is 0 Å². The maximum absolute atomic E-state index is 13.2. The molecular formula is C44H51N3O4SSi. The molecule has 0 amide bonds. The van der Waals surface area contributed by atoms with E-state index in [0.29, 0.717) is 11.1 Å². The van der Waals surface area contributed by atoms with E-state index in [9.17, 15) is 13.0 Å². The molecule has 0 fully saturated rings. The lowest BCUT2D eigenvalue weighted by Gasteiger charge is -2.45. The topological polar surface area (TPSA) is 73.3 Å². The largest absolute Gasteiger partial charge is 0.496 e. The fraction of sp³-hybridized carbons (Fsp3) is 0.273. The van der Waals surface area contributed by atoms with Crippen LogP contribution in [0.15, 0.2) is 118 Å². The van der Waals surface area contributed by atoms with Crippen LogP contribution in [0.4, 0.5) is 5.69 Å². The highest BCUT2D eigenvalue weighted by Crippen LogP contribution is 2.52. The van der Waals surface area contributed by atoms with Crippen molar-refractivity contribution in [2.75, 3.05) is 54.3 Å². The highest BCUT2D eigenvalue weighted by atomic mass is 32.2. The summed E-state index contributed by atoms with van der Waals surface area (Å²) in [5, 5.41) is 2.66. The van der Waals surface area contributed by atoms with E-state index in [1.165, 1.54) is 10.4 Å². The average Bonchev–Trinajstić information content (AvgIpc) is 3.13. The van der Waals surface area contributed by atoms with E-state index in [-0.39, 0.29) is 22.9 Å². The molecule has 1 N–H and O–H groups in total. The quantitative estimate of drug-likeness (QED) is 0.0968. The first-order valence-corrected chi connectivity index (χ1v) is 22.3. The molecule has 0 spiro atoms. The first-order valence-electron chi connectivity index (χ1n) is 17.9. The Kier molecular flexibility index (Phi) is 10.9. The number of methoxy groups -OCH3 is 1. The zero-order chi connectivity index (χ0) is 38.2. The fourth-order valence-corrected chi connectivity index (χ4v) is 11.6. The zero-order valence-corrected chi connectivity index (χ0v) is 34.0. The lowest BCUT2D eigenvalue weighted by atomic mass is 9.82. The van der Waals surface area contributed by atoms with E-state index in [1.807, 2.05) is 91.8 Å². The fourth-order valence-electron chi connectivity index (χ4n) is 7.47. The molecule has 7 nitrogen and oxygen atoms in total. The molecule has 6 rings (SSSR count). The molecule has 3 aromatic carbocycles. The third-order valence-electron chi connectivity index (χ3n) is 10.6. The molecule has 3 unspecified atom stereocenters. The van der Waals surface area contributed by atoms with Crippen LogP contribution in [-0.2, 0) is 10.1 Å². The van der Waals surface area contributed by atoms with Crippen molar-refractivity contribution in [1.29, 1.82) is 0 Å². The van der Waals surface area contributed by atoms with Crippen molar-refractivity contribution in [2.45, 2.75) is 30.1 Å². The van der Waals surface area contributed by atoms with Gasteiger partial charge in [0, 0.05) is 55.0 Å². The molecule has 1 aliphatic heterocycles. The van der Waals surface area contributed by atoms with E-state index in [1.54, 1.807) is 13.2 Å². The second-order valence-corrected chi connectivity index (χ2v) is 20.9. The van der Waals surface area contributed by atoms with Crippen molar-refractivity contribution in [1.82, 2.24) is 9.80 Å². The number of hydrogen-bond donors (Lipinski definition) is 1. The SMILES string of the molecule is COc1cc(N(C)C)ccc1/C=C/c1ccc(/C=C/c2ccc(C3=C4C=CC(N(C)C)C=C4[Si](C)(C)C4=CC(N(C)C)C=CC43)c(S(=O)(=O)O)c2)cc1. The van der Waals surface area contributed by atoms with Gasteiger partial charge in [-0.15, -0.1) is 0 Å². The van der Waals surface area contributed by atoms with Crippen molar-refractivity contribution in [3.05, 3.63) is 141 Å². The minimum absolute atomic E-state index is 0.0805. The molecular weight excluding hydrogens is 695 g/mol. The molecule has 0 saturated carbocycles. The lowest BCUT2D eigenvalue weighted by Crippen LogP contribution is -2.45. The predicted molar refractivity (Wildman–Crippen MR) is 225 cm³/mol. The summed E-state index contributed by atoms with van der Waals surface area (Å²) in [4.78, 5) is 6.34. The van der Waals surface area contributed by atoms with Crippen molar-refractivity contribution >= 4 is 53.8 Å². The Bertz CT molecular complexity index is 2220. The van der Waals surface area contributed by atoms with Crippen LogP contribution in [-0.4, -0.2) is 92.3 Å². The third-order valence-corrected chi connectivity index (χ3v) is 15.2. The smallest absolute Gasteiger partial charge is 0.295 e. The van der Waals surface area contributed by atoms with E-state index in [2.05, 4.69) is 93.6 Å². The number of hydrogen-bond acceptors (Lipinski definition) is 6. The number of likely N-dealkylation sites (N-methyl/N-ethyl adjacent to an activating group) is 2. The van der Waals surface area contributed by atoms with Gasteiger partial charge in [-0.2, -0.15) is 8.42 Å². The molecule has 3 atom stereocenters. The van der Waals surface area contributed by atoms with Crippen LogP contribution in [0.5, 0.6) is 5.75 Å². The third kappa shape index (κ3) is 7.90. The second kappa shape index (κ2) is 15.1. The highest BCUT2D eigenvalue weighted by molar-refractivity contribution is 7.86. The average molecular weight is 746 g/mol. The Morgan fingerprint density at radius 2 is 1.34 bits per heavy atom. The predicted octanol–water partition coefficient (Wildman–Crippen LogP) is 8.37. The van der Waals surface area contributed by atoms with E-state index in [4.69, 9.17) is 4.74 Å². The summed E-state index contributed by atoms with van der Waals surface area (Å²) >= 11 is 0. The van der Waals surface area contributed by atoms with E-state index < -0.39 is 18.2 Å². The maximum Gasteiger partial charge on any atom is 0.295 e. The molecule has 9 heteroatoms. The van der Waals surface area contributed by atoms with Gasteiger partial charge in [-0.3, -0.25) is 14.4 Å². The molecule has 1 heterocycles. The first kappa shape index (κ1) is 38.2. The number of nitrogens with zero attached hydrogens (tertiary/aromatic N) is 3. The van der Waals surface area contributed by atoms with Gasteiger partial charge in [0.25, 0.3) is 10.1 Å². The van der Waals surface area contributed by atoms with Crippen LogP contribution in [0.2, 0.25) is 13.1 Å². The van der Waals surface area contributed by atoms with Crippen LogP contribution < -0.4 is 9.64 Å². The molecule has 276 valence electrons. The standard InChI is InChI=1S/C44H51N3O4SSi/c1-45(2)34-20-19-33(40(27-34)51-7)18-16-31-12-10-30(11-13-31)14-15-32-17-23-37(41(26-32)52(48,49)50)44-38-24-21-35(46(3)4)28-42(38)53(8,9)43-29-36(47(5)6)22-25-39(43)44/h10-29,35-36,38H,1-9H3,(H,48,49,50)/b15-14+,18-16+. The Labute approximate surface area is 317 Å². The van der Waals surface area contributed by atoms with Gasteiger partial charge in [0.05, 0.1) is 7.11 Å². The molecule has 0 saturated heterocycles. The summed E-state index contributed by atoms with van der Waals surface area (Å²) in [6, 6.07) is 20.0. The van der Waals surface area contributed by atoms with Gasteiger partial charge in [-0.05, 0) is 79.4 Å². The summed E-state index contributed by atoms with van der Waals surface area (Å²) in [5.41, 5.74) is 7.28. The van der Waals surface area contributed by atoms with Gasteiger partial charge < -0.3 is 9.64 Å². The lowest BCUT2D eigenvalue weighted by molar-refractivity contribution is 0.387. The number of anilines is 1. The normalized spacial score (nSPS) is 20.9. The van der Waals surface area contributed by atoms with Crippen molar-refractivity contribution < 1.29 is 17.7 Å². The van der Waals surface area contributed by atoms with Gasteiger partial charge in [-0.1, -0.05) is 115 Å². The first-order chi connectivity index (χ1) is 25.1. The summed E-state index contributed by atoms with van der Waals surface area (Å²) in [6.45, 7) is 4.79. The number of rotatable bonds is 10. The monoisotopic (exact) mass is 745 g/mol. The Morgan fingerprint density at radius 3 is 1.94 bits per heavy atom.